The zero-order chi connectivity index (χ0) is 32.9. The van der Waals surface area contributed by atoms with Gasteiger partial charge in [-0.1, -0.05) is 47.8 Å². The first-order chi connectivity index (χ1) is 22.7. The molecular weight excluding hydrogens is 641 g/mol. The molecule has 6 rings (SSSR count). The number of nitrogens with zero attached hydrogens (tertiary/aromatic N) is 4. The molecular formula is C34H43Cl2N7O4. The third-order valence-electron chi connectivity index (χ3n) is 9.96. The average molecular weight is 685 g/mol. The number of benzene rings is 2. The van der Waals surface area contributed by atoms with E-state index in [1.165, 1.54) is 25.3 Å². The van der Waals surface area contributed by atoms with Gasteiger partial charge in [0.25, 0.3) is 0 Å². The van der Waals surface area contributed by atoms with Crippen LogP contribution in [0.1, 0.15) is 56.9 Å². The Morgan fingerprint density at radius 3 is 2.28 bits per heavy atom. The molecule has 4 aliphatic heterocycles. The van der Waals surface area contributed by atoms with Crippen molar-refractivity contribution in [2.75, 3.05) is 49.9 Å². The van der Waals surface area contributed by atoms with E-state index in [2.05, 4.69) is 20.9 Å². The van der Waals surface area contributed by atoms with Crippen molar-refractivity contribution in [2.24, 2.45) is 0 Å². The largest absolute Gasteiger partial charge is 0.342 e. The van der Waals surface area contributed by atoms with Gasteiger partial charge in [0.05, 0.1) is 17.1 Å². The summed E-state index contributed by atoms with van der Waals surface area (Å²) in [6.07, 6.45) is 6.56. The molecule has 2 aromatic rings. The van der Waals surface area contributed by atoms with Crippen molar-refractivity contribution >= 4 is 58.5 Å². The van der Waals surface area contributed by atoms with Crippen molar-refractivity contribution in [1.82, 2.24) is 24.9 Å². The molecule has 4 aliphatic rings. The molecule has 0 saturated carbocycles. The molecule has 47 heavy (non-hydrogen) atoms. The van der Waals surface area contributed by atoms with Gasteiger partial charge in [-0.2, -0.15) is 0 Å². The topological polar surface area (TPSA) is 117 Å². The van der Waals surface area contributed by atoms with Crippen LogP contribution in [0.3, 0.4) is 0 Å². The van der Waals surface area contributed by atoms with Crippen LogP contribution in [0, 0.1) is 0 Å². The minimum Gasteiger partial charge on any atom is -0.342 e. The second kappa shape index (κ2) is 15.1. The van der Waals surface area contributed by atoms with Crippen molar-refractivity contribution in [3.8, 4) is 0 Å². The summed E-state index contributed by atoms with van der Waals surface area (Å²) in [7, 11) is 0. The number of nitrogens with one attached hydrogen (secondary N) is 3. The maximum absolute atomic E-state index is 13.9. The summed E-state index contributed by atoms with van der Waals surface area (Å²) in [6.45, 7) is 4.83. The van der Waals surface area contributed by atoms with Crippen molar-refractivity contribution in [2.45, 2.75) is 76.0 Å². The number of anilines is 2. The van der Waals surface area contributed by atoms with E-state index >= 15 is 0 Å². The monoisotopic (exact) mass is 683 g/mol. The van der Waals surface area contributed by atoms with Gasteiger partial charge in [-0.3, -0.25) is 9.59 Å². The number of halogens is 2. The van der Waals surface area contributed by atoms with Crippen LogP contribution in [0.5, 0.6) is 0 Å². The van der Waals surface area contributed by atoms with Gasteiger partial charge >= 0.3 is 12.1 Å². The molecule has 0 aromatic heterocycles. The Hall–Kier alpha value is -3.54. The number of para-hydroxylation sites is 1. The minimum absolute atomic E-state index is 0.00242. The lowest BCUT2D eigenvalue weighted by atomic mass is 9.98. The molecule has 3 fully saturated rings. The molecule has 3 N–H and O–H groups in total. The smallest absolute Gasteiger partial charge is 0.322 e. The van der Waals surface area contributed by atoms with Crippen LogP contribution in [-0.4, -0.2) is 101 Å². The Kier molecular flexibility index (Phi) is 10.7. The molecule has 4 heterocycles. The third kappa shape index (κ3) is 8.13. The Balaban J connectivity index is 1.08. The second-order valence-electron chi connectivity index (χ2n) is 13.0. The summed E-state index contributed by atoms with van der Waals surface area (Å²) >= 11 is 12.4. The maximum Gasteiger partial charge on any atom is 0.322 e. The zero-order valence-electron chi connectivity index (χ0n) is 26.6. The van der Waals surface area contributed by atoms with Crippen LogP contribution in [0.15, 0.2) is 42.5 Å². The number of carbonyl (C=O) groups is 4. The van der Waals surface area contributed by atoms with E-state index in [0.717, 1.165) is 37.2 Å². The highest BCUT2D eigenvalue weighted by atomic mass is 35.5. The highest BCUT2D eigenvalue weighted by Gasteiger charge is 2.36. The fraction of sp³-hybridized carbons (Fsp3) is 0.529. The average Bonchev–Trinajstić information content (AvgIpc) is 3.09. The first kappa shape index (κ1) is 33.4. The van der Waals surface area contributed by atoms with Crippen molar-refractivity contribution < 1.29 is 19.2 Å². The quantitative estimate of drug-likeness (QED) is 0.362. The van der Waals surface area contributed by atoms with E-state index in [9.17, 15) is 19.2 Å². The molecule has 13 heteroatoms. The van der Waals surface area contributed by atoms with E-state index < -0.39 is 12.1 Å². The fourth-order valence-corrected chi connectivity index (χ4v) is 7.65. The first-order valence-electron chi connectivity index (χ1n) is 16.7. The van der Waals surface area contributed by atoms with Crippen molar-refractivity contribution in [3.05, 3.63) is 58.1 Å². The van der Waals surface area contributed by atoms with Gasteiger partial charge in [-0.05, 0) is 81.4 Å². The number of hydrogen-bond acceptors (Lipinski definition) is 5. The van der Waals surface area contributed by atoms with E-state index in [1.807, 2.05) is 29.2 Å². The Morgan fingerprint density at radius 1 is 0.851 bits per heavy atom. The van der Waals surface area contributed by atoms with Gasteiger partial charge in [0.15, 0.2) is 0 Å². The van der Waals surface area contributed by atoms with Crippen LogP contribution in [0.2, 0.25) is 10.0 Å². The first-order valence-corrected chi connectivity index (χ1v) is 17.5. The summed E-state index contributed by atoms with van der Waals surface area (Å²) in [5.41, 5.74) is 2.21. The van der Waals surface area contributed by atoms with E-state index in [-0.39, 0.29) is 30.3 Å². The lowest BCUT2D eigenvalue weighted by molar-refractivity contribution is -0.140. The summed E-state index contributed by atoms with van der Waals surface area (Å²) < 4.78 is 0. The molecule has 0 aliphatic carbocycles. The van der Waals surface area contributed by atoms with Crippen molar-refractivity contribution in [1.29, 1.82) is 0 Å². The number of amides is 6. The summed E-state index contributed by atoms with van der Waals surface area (Å²) in [6, 6.07) is 11.1. The number of rotatable bonds is 7. The van der Waals surface area contributed by atoms with Gasteiger partial charge in [0.2, 0.25) is 11.8 Å². The number of urea groups is 2. The number of fused-ring (bicyclic) bond motifs is 1. The SMILES string of the molecule is O=C(Nc1cc(Cl)ccc1Cl)N[C@@H](CC(=O)N1CCC(N2Cc3ccccc3NC2=O)CC1)C(=O)N1CCC(N2CCCCC2)CC1. The summed E-state index contributed by atoms with van der Waals surface area (Å²) in [5.74, 6) is -0.471. The number of piperidine rings is 3. The van der Waals surface area contributed by atoms with E-state index in [0.29, 0.717) is 67.3 Å². The van der Waals surface area contributed by atoms with Gasteiger partial charge < -0.3 is 35.6 Å². The van der Waals surface area contributed by atoms with Gasteiger partial charge in [-0.25, -0.2) is 9.59 Å². The molecule has 11 nitrogen and oxygen atoms in total. The van der Waals surface area contributed by atoms with Gasteiger partial charge in [0.1, 0.15) is 6.04 Å². The molecule has 6 amide bonds. The van der Waals surface area contributed by atoms with E-state index in [4.69, 9.17) is 23.2 Å². The predicted octanol–water partition coefficient (Wildman–Crippen LogP) is 5.39. The van der Waals surface area contributed by atoms with Crippen LogP contribution < -0.4 is 16.0 Å². The molecule has 0 radical (unpaired) electrons. The van der Waals surface area contributed by atoms with E-state index in [1.54, 1.807) is 21.9 Å². The molecule has 252 valence electrons. The lowest BCUT2D eigenvalue weighted by Crippen LogP contribution is -2.56. The number of hydrogen-bond donors (Lipinski definition) is 3. The Bertz CT molecular complexity index is 1470. The molecule has 2 aromatic carbocycles. The molecule has 0 bridgehead atoms. The van der Waals surface area contributed by atoms with Crippen LogP contribution in [-0.2, 0) is 16.1 Å². The Morgan fingerprint density at radius 2 is 1.53 bits per heavy atom. The van der Waals surface area contributed by atoms with Crippen molar-refractivity contribution in [3.63, 3.8) is 0 Å². The normalized spacial score (nSPS) is 20.3. The molecule has 0 spiro atoms. The third-order valence-corrected chi connectivity index (χ3v) is 10.5. The molecule has 1 atom stereocenters. The maximum atomic E-state index is 13.9. The highest BCUT2D eigenvalue weighted by molar-refractivity contribution is 6.35. The highest BCUT2D eigenvalue weighted by Crippen LogP contribution is 2.29. The lowest BCUT2D eigenvalue weighted by Gasteiger charge is -2.41. The standard InChI is InChI=1S/C34H43Cl2N7O4/c35-24-8-9-27(36)29(20-24)37-33(46)38-30(32(45)42-18-10-25(11-19-42)40-14-4-1-5-15-40)21-31(44)41-16-12-26(13-17-41)43-22-23-6-2-3-7-28(23)39-34(43)47/h2-3,6-9,20,25-26,30H,1,4-5,10-19,21-22H2,(H,39,47)(H2,37,38,46)/t30-/m0/s1. The summed E-state index contributed by atoms with van der Waals surface area (Å²) in [4.78, 5) is 61.5. The fourth-order valence-electron chi connectivity index (χ4n) is 7.31. The summed E-state index contributed by atoms with van der Waals surface area (Å²) in [5, 5.41) is 9.13. The van der Waals surface area contributed by atoms with Gasteiger partial charge in [0, 0.05) is 55.5 Å². The second-order valence-corrected chi connectivity index (χ2v) is 13.8. The number of likely N-dealkylation sites (tertiary alicyclic amines) is 3. The predicted molar refractivity (Wildman–Crippen MR) is 183 cm³/mol. The minimum atomic E-state index is -1.05. The van der Waals surface area contributed by atoms with Gasteiger partial charge in [-0.15, -0.1) is 0 Å². The Labute approximate surface area is 285 Å². The number of carbonyl (C=O) groups excluding carboxylic acids is 4. The zero-order valence-corrected chi connectivity index (χ0v) is 28.1. The van der Waals surface area contributed by atoms with Crippen LogP contribution >= 0.6 is 23.2 Å². The van der Waals surface area contributed by atoms with Crippen LogP contribution in [0.4, 0.5) is 21.0 Å². The van der Waals surface area contributed by atoms with Crippen LogP contribution in [0.25, 0.3) is 0 Å². The molecule has 0 unspecified atom stereocenters. The molecule has 3 saturated heterocycles.